The number of carboxylic acid groups (broad SMARTS) is 1. The van der Waals surface area contributed by atoms with Crippen molar-refractivity contribution in [3.63, 3.8) is 0 Å². The number of nitrogens with one attached hydrogen (secondary N) is 1. The normalized spacial score (nSPS) is 20.9. The number of nitrogens with zero attached hydrogens (tertiary/aromatic N) is 1. The molecule has 1 aliphatic heterocycles. The van der Waals surface area contributed by atoms with Crippen molar-refractivity contribution in [1.29, 1.82) is 0 Å². The van der Waals surface area contributed by atoms with E-state index in [-0.39, 0.29) is 18.5 Å². The van der Waals surface area contributed by atoms with Gasteiger partial charge in [-0.05, 0) is 37.5 Å². The molecule has 0 aromatic heterocycles. The van der Waals surface area contributed by atoms with Gasteiger partial charge in [-0.15, -0.1) is 0 Å². The first-order chi connectivity index (χ1) is 10.9. The zero-order valence-corrected chi connectivity index (χ0v) is 14.8. The Balaban J connectivity index is 2.12. The van der Waals surface area contributed by atoms with Crippen molar-refractivity contribution in [2.75, 3.05) is 25.0 Å². The van der Waals surface area contributed by atoms with Crippen LogP contribution in [-0.4, -0.2) is 41.7 Å². The predicted octanol–water partition coefficient (Wildman–Crippen LogP) is 3.42. The van der Waals surface area contributed by atoms with Crippen LogP contribution in [0.3, 0.4) is 0 Å². The molecule has 0 saturated carbocycles. The number of amides is 2. The van der Waals surface area contributed by atoms with Crippen molar-refractivity contribution < 1.29 is 19.4 Å². The van der Waals surface area contributed by atoms with Gasteiger partial charge in [0, 0.05) is 17.6 Å². The van der Waals surface area contributed by atoms with E-state index in [1.54, 1.807) is 17.0 Å². The number of urea groups is 1. The first-order valence-electron chi connectivity index (χ1n) is 7.61. The molecule has 0 bridgehead atoms. The number of hydrogen-bond donors (Lipinski definition) is 2. The van der Waals surface area contributed by atoms with Crippen molar-refractivity contribution in [3.8, 4) is 5.75 Å². The summed E-state index contributed by atoms with van der Waals surface area (Å²) >= 11 is 3.37. The molecule has 0 aliphatic carbocycles. The maximum Gasteiger partial charge on any atom is 0.321 e. The van der Waals surface area contributed by atoms with Crippen LogP contribution in [0.15, 0.2) is 22.7 Å². The van der Waals surface area contributed by atoms with Crippen molar-refractivity contribution in [3.05, 3.63) is 22.7 Å². The smallest absolute Gasteiger partial charge is 0.321 e. The third-order valence-electron chi connectivity index (χ3n) is 3.78. The van der Waals surface area contributed by atoms with E-state index < -0.39 is 11.9 Å². The maximum atomic E-state index is 12.5. The number of piperidine rings is 1. The summed E-state index contributed by atoms with van der Waals surface area (Å²) in [5.41, 5.74) is 0.566. The Hall–Kier alpha value is -1.76. The molecule has 2 rings (SSSR count). The highest BCUT2D eigenvalue weighted by molar-refractivity contribution is 9.10. The molecule has 1 aliphatic rings. The van der Waals surface area contributed by atoms with E-state index in [1.165, 1.54) is 0 Å². The van der Waals surface area contributed by atoms with Crippen molar-refractivity contribution >= 4 is 33.6 Å². The Kier molecular flexibility index (Phi) is 5.87. The molecular formula is C16H21BrN2O4. The van der Waals surface area contributed by atoms with Crippen LogP contribution in [-0.2, 0) is 4.79 Å². The summed E-state index contributed by atoms with van der Waals surface area (Å²) in [6.07, 6.45) is 0.597. The molecule has 23 heavy (non-hydrogen) atoms. The highest BCUT2D eigenvalue weighted by Gasteiger charge is 2.32. The molecule has 7 heteroatoms. The SMILES string of the molecule is CCOc1ccc(Br)cc1NC(=O)N1CC(C)CC(C(=O)O)C1. The van der Waals surface area contributed by atoms with E-state index in [2.05, 4.69) is 21.2 Å². The number of carboxylic acids is 1. The Morgan fingerprint density at radius 3 is 2.83 bits per heavy atom. The molecule has 0 spiro atoms. The van der Waals surface area contributed by atoms with Gasteiger partial charge in [0.25, 0.3) is 0 Å². The fourth-order valence-electron chi connectivity index (χ4n) is 2.77. The molecule has 1 heterocycles. The Bertz CT molecular complexity index is 593. The van der Waals surface area contributed by atoms with Gasteiger partial charge in [-0.25, -0.2) is 4.79 Å². The lowest BCUT2D eigenvalue weighted by molar-refractivity contribution is -0.143. The molecule has 2 amide bonds. The average molecular weight is 385 g/mol. The second-order valence-electron chi connectivity index (χ2n) is 5.78. The highest BCUT2D eigenvalue weighted by atomic mass is 79.9. The Labute approximate surface area is 143 Å². The largest absolute Gasteiger partial charge is 0.492 e. The molecule has 2 unspecified atom stereocenters. The van der Waals surface area contributed by atoms with Gasteiger partial charge in [-0.1, -0.05) is 22.9 Å². The summed E-state index contributed by atoms with van der Waals surface area (Å²) < 4.78 is 6.34. The van der Waals surface area contributed by atoms with Crippen molar-refractivity contribution in [2.45, 2.75) is 20.3 Å². The van der Waals surface area contributed by atoms with E-state index in [4.69, 9.17) is 4.74 Å². The lowest BCUT2D eigenvalue weighted by Crippen LogP contribution is -2.47. The molecule has 2 atom stereocenters. The fourth-order valence-corrected chi connectivity index (χ4v) is 3.13. The monoisotopic (exact) mass is 384 g/mol. The topological polar surface area (TPSA) is 78.9 Å². The van der Waals surface area contributed by atoms with Crippen LogP contribution in [0, 0.1) is 11.8 Å². The number of ether oxygens (including phenoxy) is 1. The number of aliphatic carboxylic acids is 1. The highest BCUT2D eigenvalue weighted by Crippen LogP contribution is 2.29. The van der Waals surface area contributed by atoms with E-state index in [9.17, 15) is 14.7 Å². The summed E-state index contributed by atoms with van der Waals surface area (Å²) in [5.74, 6) is -0.626. The number of rotatable bonds is 4. The molecule has 1 aromatic carbocycles. The van der Waals surface area contributed by atoms with E-state index in [0.29, 0.717) is 31.0 Å². The molecular weight excluding hydrogens is 364 g/mol. The zero-order valence-electron chi connectivity index (χ0n) is 13.2. The Morgan fingerprint density at radius 2 is 2.17 bits per heavy atom. The maximum absolute atomic E-state index is 12.5. The molecule has 126 valence electrons. The standard InChI is InChI=1S/C16H21BrN2O4/c1-3-23-14-5-4-12(17)7-13(14)18-16(22)19-8-10(2)6-11(9-19)15(20)21/h4-5,7,10-11H,3,6,8-9H2,1-2H3,(H,18,22)(H,20,21). The molecule has 6 nitrogen and oxygen atoms in total. The average Bonchev–Trinajstić information content (AvgIpc) is 2.49. The van der Waals surface area contributed by atoms with Gasteiger partial charge in [-0.2, -0.15) is 0 Å². The predicted molar refractivity (Wildman–Crippen MR) is 90.8 cm³/mol. The van der Waals surface area contributed by atoms with Crippen LogP contribution >= 0.6 is 15.9 Å². The van der Waals surface area contributed by atoms with Crippen molar-refractivity contribution in [1.82, 2.24) is 4.90 Å². The van der Waals surface area contributed by atoms with Gasteiger partial charge < -0.3 is 20.1 Å². The number of likely N-dealkylation sites (tertiary alicyclic amines) is 1. The van der Waals surface area contributed by atoms with Crippen LogP contribution in [0.4, 0.5) is 10.5 Å². The van der Waals surface area contributed by atoms with E-state index >= 15 is 0 Å². The van der Waals surface area contributed by atoms with E-state index in [0.717, 1.165) is 4.47 Å². The molecule has 1 aromatic rings. The number of anilines is 1. The number of benzene rings is 1. The second-order valence-corrected chi connectivity index (χ2v) is 6.70. The van der Waals surface area contributed by atoms with Gasteiger partial charge in [0.15, 0.2) is 0 Å². The summed E-state index contributed by atoms with van der Waals surface area (Å²) in [6.45, 7) is 5.10. The lowest BCUT2D eigenvalue weighted by Gasteiger charge is -2.34. The van der Waals surface area contributed by atoms with Crippen LogP contribution in [0.5, 0.6) is 5.75 Å². The third-order valence-corrected chi connectivity index (χ3v) is 4.27. The minimum Gasteiger partial charge on any atom is -0.492 e. The number of carbonyl (C=O) groups is 2. The minimum atomic E-state index is -0.855. The number of halogens is 1. The minimum absolute atomic E-state index is 0.157. The second kappa shape index (κ2) is 7.68. The summed E-state index contributed by atoms with van der Waals surface area (Å²) in [7, 11) is 0. The van der Waals surface area contributed by atoms with Crippen molar-refractivity contribution in [2.24, 2.45) is 11.8 Å². The molecule has 1 saturated heterocycles. The fraction of sp³-hybridized carbons (Fsp3) is 0.500. The molecule has 1 fully saturated rings. The van der Waals surface area contributed by atoms with Gasteiger partial charge in [0.05, 0.1) is 18.2 Å². The van der Waals surface area contributed by atoms with Crippen LogP contribution in [0.25, 0.3) is 0 Å². The summed E-state index contributed by atoms with van der Waals surface area (Å²) in [5, 5.41) is 12.0. The number of carbonyl (C=O) groups excluding carboxylic acids is 1. The van der Waals surface area contributed by atoms with Gasteiger partial charge in [-0.3, -0.25) is 4.79 Å². The molecule has 2 N–H and O–H groups in total. The van der Waals surface area contributed by atoms with Gasteiger partial charge in [0.2, 0.25) is 0 Å². The van der Waals surface area contributed by atoms with E-state index in [1.807, 2.05) is 19.9 Å². The lowest BCUT2D eigenvalue weighted by atomic mass is 9.91. The summed E-state index contributed by atoms with van der Waals surface area (Å²) in [4.78, 5) is 25.3. The van der Waals surface area contributed by atoms with Crippen LogP contribution in [0.2, 0.25) is 0 Å². The third kappa shape index (κ3) is 4.60. The van der Waals surface area contributed by atoms with Crippen LogP contribution in [0.1, 0.15) is 20.3 Å². The zero-order chi connectivity index (χ0) is 17.0. The van der Waals surface area contributed by atoms with Gasteiger partial charge >= 0.3 is 12.0 Å². The quantitative estimate of drug-likeness (QED) is 0.833. The van der Waals surface area contributed by atoms with Gasteiger partial charge in [0.1, 0.15) is 5.75 Å². The first kappa shape index (κ1) is 17.6. The van der Waals surface area contributed by atoms with Crippen LogP contribution < -0.4 is 10.1 Å². The first-order valence-corrected chi connectivity index (χ1v) is 8.41. The summed E-state index contributed by atoms with van der Waals surface area (Å²) in [6, 6.07) is 5.08. The molecule has 0 radical (unpaired) electrons. The Morgan fingerprint density at radius 1 is 1.43 bits per heavy atom. The number of hydrogen-bond acceptors (Lipinski definition) is 3.